The summed E-state index contributed by atoms with van der Waals surface area (Å²) in [7, 11) is -3.36. The van der Waals surface area contributed by atoms with Crippen molar-refractivity contribution in [1.29, 1.82) is 0 Å². The van der Waals surface area contributed by atoms with Gasteiger partial charge in [0, 0.05) is 17.4 Å². The lowest BCUT2D eigenvalue weighted by atomic mass is 10.1. The van der Waals surface area contributed by atoms with Crippen LogP contribution in [0.2, 0.25) is 0 Å². The topological polar surface area (TPSA) is 76.1 Å². The van der Waals surface area contributed by atoms with Crippen molar-refractivity contribution in [2.75, 3.05) is 11.1 Å². The number of thiazole rings is 1. The van der Waals surface area contributed by atoms with Crippen molar-refractivity contribution >= 4 is 32.2 Å². The smallest absolute Gasteiger partial charge is 0.226 e. The third-order valence-corrected chi connectivity index (χ3v) is 6.90. The number of carbonyl (C=O) groups is 1. The minimum atomic E-state index is -3.36. The minimum Gasteiger partial charge on any atom is -0.302 e. The number of nitrogens with zero attached hydrogens (tertiary/aromatic N) is 1. The van der Waals surface area contributed by atoms with Gasteiger partial charge in [-0.1, -0.05) is 49.4 Å². The molecule has 0 spiro atoms. The normalized spacial score (nSPS) is 11.3. The molecule has 1 N–H and O–H groups in total. The molecule has 28 heavy (non-hydrogen) atoms. The molecule has 1 aromatic heterocycles. The first-order valence-electron chi connectivity index (χ1n) is 9.10. The lowest BCUT2D eigenvalue weighted by Gasteiger charge is -2.04. The molecule has 0 bridgehead atoms. The highest BCUT2D eigenvalue weighted by Gasteiger charge is 2.15. The van der Waals surface area contributed by atoms with Gasteiger partial charge in [-0.05, 0) is 30.5 Å². The van der Waals surface area contributed by atoms with Crippen molar-refractivity contribution in [2.45, 2.75) is 31.1 Å². The Balaban J connectivity index is 1.52. The molecule has 2 aromatic carbocycles. The first-order chi connectivity index (χ1) is 13.5. The molecular weight excluding hydrogens is 392 g/mol. The molecule has 3 aromatic rings. The summed E-state index contributed by atoms with van der Waals surface area (Å²) in [6, 6.07) is 16.5. The fourth-order valence-electron chi connectivity index (χ4n) is 2.73. The zero-order valence-electron chi connectivity index (χ0n) is 15.6. The van der Waals surface area contributed by atoms with E-state index in [1.807, 2.05) is 17.5 Å². The van der Waals surface area contributed by atoms with Crippen LogP contribution in [0.1, 0.15) is 25.3 Å². The SMILES string of the molecule is CCc1ccc(-c2csc(NC(=O)CCCS(=O)(=O)c3ccccc3)n2)cc1. The summed E-state index contributed by atoms with van der Waals surface area (Å²) in [5, 5.41) is 5.17. The zero-order valence-corrected chi connectivity index (χ0v) is 17.2. The van der Waals surface area contributed by atoms with Crippen LogP contribution in [0.3, 0.4) is 0 Å². The predicted octanol–water partition coefficient (Wildman–Crippen LogP) is 4.57. The molecule has 3 rings (SSSR count). The fourth-order valence-corrected chi connectivity index (χ4v) is 4.79. The van der Waals surface area contributed by atoms with E-state index < -0.39 is 9.84 Å². The average Bonchev–Trinajstić information content (AvgIpc) is 3.17. The van der Waals surface area contributed by atoms with Crippen LogP contribution in [0.5, 0.6) is 0 Å². The average molecular weight is 415 g/mol. The molecule has 0 atom stereocenters. The van der Waals surface area contributed by atoms with Crippen molar-refractivity contribution in [3.8, 4) is 11.3 Å². The van der Waals surface area contributed by atoms with Crippen LogP contribution < -0.4 is 5.32 Å². The molecular formula is C21H22N2O3S2. The van der Waals surface area contributed by atoms with Crippen LogP contribution in [0.4, 0.5) is 5.13 Å². The number of hydrogen-bond acceptors (Lipinski definition) is 5. The van der Waals surface area contributed by atoms with Crippen molar-refractivity contribution in [3.05, 3.63) is 65.5 Å². The molecule has 1 amide bonds. The molecule has 5 nitrogen and oxygen atoms in total. The second kappa shape index (κ2) is 9.12. The largest absolute Gasteiger partial charge is 0.302 e. The molecule has 0 aliphatic heterocycles. The minimum absolute atomic E-state index is 0.0582. The summed E-state index contributed by atoms with van der Waals surface area (Å²) >= 11 is 1.36. The Morgan fingerprint density at radius 2 is 1.79 bits per heavy atom. The Bertz CT molecular complexity index is 1030. The van der Waals surface area contributed by atoms with Gasteiger partial charge < -0.3 is 5.32 Å². The monoisotopic (exact) mass is 414 g/mol. The van der Waals surface area contributed by atoms with Crippen molar-refractivity contribution in [3.63, 3.8) is 0 Å². The third kappa shape index (κ3) is 5.27. The molecule has 0 fully saturated rings. The first-order valence-corrected chi connectivity index (χ1v) is 11.6. The zero-order chi connectivity index (χ0) is 20.0. The van der Waals surface area contributed by atoms with Gasteiger partial charge in [0.2, 0.25) is 5.91 Å². The number of aryl methyl sites for hydroxylation is 1. The number of anilines is 1. The van der Waals surface area contributed by atoms with Gasteiger partial charge in [-0.2, -0.15) is 0 Å². The van der Waals surface area contributed by atoms with E-state index >= 15 is 0 Å². The van der Waals surface area contributed by atoms with Gasteiger partial charge in [0.25, 0.3) is 0 Å². The van der Waals surface area contributed by atoms with E-state index in [-0.39, 0.29) is 29.4 Å². The number of sulfone groups is 1. The van der Waals surface area contributed by atoms with E-state index in [1.165, 1.54) is 16.9 Å². The summed E-state index contributed by atoms with van der Waals surface area (Å²) in [6.07, 6.45) is 1.38. The van der Waals surface area contributed by atoms with E-state index in [2.05, 4.69) is 29.4 Å². The fraction of sp³-hybridized carbons (Fsp3) is 0.238. The number of hydrogen-bond donors (Lipinski definition) is 1. The van der Waals surface area contributed by atoms with Crippen LogP contribution in [0.15, 0.2) is 64.9 Å². The molecule has 0 unspecified atom stereocenters. The van der Waals surface area contributed by atoms with Gasteiger partial charge in [-0.25, -0.2) is 13.4 Å². The van der Waals surface area contributed by atoms with Gasteiger partial charge in [0.05, 0.1) is 16.3 Å². The van der Waals surface area contributed by atoms with E-state index in [0.29, 0.717) is 5.13 Å². The lowest BCUT2D eigenvalue weighted by Crippen LogP contribution is -2.14. The maximum atomic E-state index is 12.2. The van der Waals surface area contributed by atoms with Gasteiger partial charge in [0.1, 0.15) is 0 Å². The number of rotatable bonds is 8. The Labute approximate surface area is 169 Å². The Morgan fingerprint density at radius 3 is 2.46 bits per heavy atom. The summed E-state index contributed by atoms with van der Waals surface area (Å²) in [5.41, 5.74) is 3.08. The summed E-state index contributed by atoms with van der Waals surface area (Å²) in [4.78, 5) is 16.9. The van der Waals surface area contributed by atoms with Gasteiger partial charge in [-0.3, -0.25) is 4.79 Å². The maximum absolute atomic E-state index is 12.2. The van der Waals surface area contributed by atoms with E-state index in [1.54, 1.807) is 30.3 Å². The molecule has 7 heteroatoms. The Kier molecular flexibility index (Phi) is 6.59. The summed E-state index contributed by atoms with van der Waals surface area (Å²) < 4.78 is 24.5. The van der Waals surface area contributed by atoms with Crippen LogP contribution in [-0.2, 0) is 21.1 Å². The van der Waals surface area contributed by atoms with Crippen molar-refractivity contribution in [1.82, 2.24) is 4.98 Å². The lowest BCUT2D eigenvalue weighted by molar-refractivity contribution is -0.116. The molecule has 146 valence electrons. The molecule has 0 saturated carbocycles. The molecule has 0 saturated heterocycles. The first kappa shape index (κ1) is 20.2. The highest BCUT2D eigenvalue weighted by Crippen LogP contribution is 2.25. The van der Waals surface area contributed by atoms with E-state index in [4.69, 9.17) is 0 Å². The highest BCUT2D eigenvalue weighted by atomic mass is 32.2. The van der Waals surface area contributed by atoms with Crippen LogP contribution in [-0.4, -0.2) is 25.1 Å². The third-order valence-electron chi connectivity index (χ3n) is 4.33. The van der Waals surface area contributed by atoms with Gasteiger partial charge in [0.15, 0.2) is 15.0 Å². The van der Waals surface area contributed by atoms with Crippen molar-refractivity contribution in [2.24, 2.45) is 0 Å². The number of nitrogens with one attached hydrogen (secondary N) is 1. The second-order valence-electron chi connectivity index (χ2n) is 6.37. The summed E-state index contributed by atoms with van der Waals surface area (Å²) in [5.74, 6) is -0.289. The number of carbonyl (C=O) groups excluding carboxylic acids is 1. The van der Waals surface area contributed by atoms with Crippen LogP contribution in [0, 0.1) is 0 Å². The Hall–Kier alpha value is -2.51. The molecule has 1 heterocycles. The van der Waals surface area contributed by atoms with E-state index in [0.717, 1.165) is 17.7 Å². The number of benzene rings is 2. The Morgan fingerprint density at radius 1 is 1.07 bits per heavy atom. The molecule has 0 radical (unpaired) electrons. The number of aromatic nitrogens is 1. The second-order valence-corrected chi connectivity index (χ2v) is 9.34. The van der Waals surface area contributed by atoms with Crippen LogP contribution in [0.25, 0.3) is 11.3 Å². The molecule has 0 aliphatic carbocycles. The number of amides is 1. The molecule has 0 aliphatic rings. The van der Waals surface area contributed by atoms with Gasteiger partial charge >= 0.3 is 0 Å². The standard InChI is InChI=1S/C21H22N2O3S2/c1-2-16-10-12-17(13-11-16)19-15-27-21(22-19)23-20(24)9-6-14-28(25,26)18-7-4-3-5-8-18/h3-5,7-8,10-13,15H,2,6,9,14H2,1H3,(H,22,23,24). The van der Waals surface area contributed by atoms with Gasteiger partial charge in [-0.15, -0.1) is 11.3 Å². The van der Waals surface area contributed by atoms with Crippen molar-refractivity contribution < 1.29 is 13.2 Å². The highest BCUT2D eigenvalue weighted by molar-refractivity contribution is 7.91. The van der Waals surface area contributed by atoms with E-state index in [9.17, 15) is 13.2 Å². The quantitative estimate of drug-likeness (QED) is 0.586. The summed E-state index contributed by atoms with van der Waals surface area (Å²) in [6.45, 7) is 2.11. The predicted molar refractivity (Wildman–Crippen MR) is 113 cm³/mol. The van der Waals surface area contributed by atoms with Crippen LogP contribution >= 0.6 is 11.3 Å². The maximum Gasteiger partial charge on any atom is 0.226 e.